The summed E-state index contributed by atoms with van der Waals surface area (Å²) in [6.45, 7) is -0.731. The third-order valence-electron chi connectivity index (χ3n) is 4.40. The Labute approximate surface area is 151 Å². The molecule has 1 aliphatic rings. The molecule has 1 aliphatic carbocycles. The van der Waals surface area contributed by atoms with E-state index in [9.17, 15) is 13.2 Å². The third-order valence-corrected chi connectivity index (χ3v) is 4.40. The summed E-state index contributed by atoms with van der Waals surface area (Å²) in [5.41, 5.74) is 2.19. The molecule has 0 amide bonds. The molecule has 26 heavy (non-hydrogen) atoms. The van der Waals surface area contributed by atoms with Gasteiger partial charge in [0, 0.05) is 12.6 Å². The first-order valence-corrected chi connectivity index (χ1v) is 8.61. The van der Waals surface area contributed by atoms with E-state index >= 15 is 0 Å². The lowest BCUT2D eigenvalue weighted by atomic mass is 10.0. The van der Waals surface area contributed by atoms with Gasteiger partial charge in [0.05, 0.1) is 7.11 Å². The number of ether oxygens (including phenoxy) is 2. The predicted octanol–water partition coefficient (Wildman–Crippen LogP) is 4.88. The van der Waals surface area contributed by atoms with Gasteiger partial charge in [0.1, 0.15) is 0 Å². The van der Waals surface area contributed by atoms with E-state index in [1.807, 2.05) is 18.2 Å². The number of rotatable bonds is 8. The van der Waals surface area contributed by atoms with Gasteiger partial charge in [-0.05, 0) is 42.0 Å². The summed E-state index contributed by atoms with van der Waals surface area (Å²) in [7, 11) is 1.42. The summed E-state index contributed by atoms with van der Waals surface area (Å²) < 4.78 is 47.0. The van der Waals surface area contributed by atoms with Crippen molar-refractivity contribution in [1.29, 1.82) is 0 Å². The van der Waals surface area contributed by atoms with E-state index in [-0.39, 0.29) is 11.8 Å². The Kier molecular flexibility index (Phi) is 5.71. The maximum Gasteiger partial charge on any atom is 0.422 e. The molecule has 0 aromatic heterocycles. The normalized spacial score (nSPS) is 15.5. The number of benzene rings is 2. The molecule has 1 atom stereocenters. The number of hydrogen-bond donors (Lipinski definition) is 1. The molecule has 3 nitrogen and oxygen atoms in total. The minimum Gasteiger partial charge on any atom is -0.493 e. The van der Waals surface area contributed by atoms with E-state index in [4.69, 9.17) is 9.47 Å². The molecule has 0 bridgehead atoms. The fourth-order valence-electron chi connectivity index (χ4n) is 2.98. The highest BCUT2D eigenvalue weighted by Crippen LogP contribution is 2.41. The highest BCUT2D eigenvalue weighted by atomic mass is 19.4. The maximum atomic E-state index is 12.3. The standard InChI is InChI=1S/C20H22F3NO2/c1-25-18-11-14(7-10-17(18)26-13-20(21,22)23)12-24-19(16-8-9-16)15-5-3-2-4-6-15/h2-7,10-11,16,19,24H,8-9,12-13H2,1H3. The van der Waals surface area contributed by atoms with E-state index < -0.39 is 12.8 Å². The van der Waals surface area contributed by atoms with Crippen molar-refractivity contribution < 1.29 is 22.6 Å². The zero-order chi connectivity index (χ0) is 18.6. The van der Waals surface area contributed by atoms with Gasteiger partial charge < -0.3 is 14.8 Å². The molecular formula is C20H22F3NO2. The van der Waals surface area contributed by atoms with Crippen LogP contribution in [-0.2, 0) is 6.54 Å². The summed E-state index contributed by atoms with van der Waals surface area (Å²) in [4.78, 5) is 0. The average molecular weight is 365 g/mol. The average Bonchev–Trinajstić information content (AvgIpc) is 3.46. The van der Waals surface area contributed by atoms with Gasteiger partial charge in [-0.1, -0.05) is 36.4 Å². The maximum absolute atomic E-state index is 12.3. The van der Waals surface area contributed by atoms with Crippen LogP contribution in [0.4, 0.5) is 13.2 Å². The van der Waals surface area contributed by atoms with Gasteiger partial charge in [-0.2, -0.15) is 13.2 Å². The Bertz CT molecular complexity index is 715. The zero-order valence-corrected chi connectivity index (χ0v) is 14.6. The van der Waals surface area contributed by atoms with Gasteiger partial charge >= 0.3 is 6.18 Å². The molecule has 3 rings (SSSR count). The summed E-state index contributed by atoms with van der Waals surface area (Å²) >= 11 is 0. The Hall–Kier alpha value is -2.21. The molecule has 140 valence electrons. The Balaban J connectivity index is 1.65. The fourth-order valence-corrected chi connectivity index (χ4v) is 2.98. The van der Waals surface area contributed by atoms with Gasteiger partial charge in [-0.3, -0.25) is 0 Å². The lowest BCUT2D eigenvalue weighted by Gasteiger charge is -2.19. The van der Waals surface area contributed by atoms with Crippen molar-refractivity contribution in [2.24, 2.45) is 5.92 Å². The number of alkyl halides is 3. The van der Waals surface area contributed by atoms with Crippen LogP contribution < -0.4 is 14.8 Å². The largest absolute Gasteiger partial charge is 0.493 e. The molecule has 2 aromatic carbocycles. The van der Waals surface area contributed by atoms with E-state index in [0.29, 0.717) is 18.2 Å². The van der Waals surface area contributed by atoms with Crippen LogP contribution in [0.5, 0.6) is 11.5 Å². The predicted molar refractivity (Wildman–Crippen MR) is 93.3 cm³/mol. The minimum absolute atomic E-state index is 0.0929. The number of methoxy groups -OCH3 is 1. The van der Waals surface area contributed by atoms with E-state index in [2.05, 4.69) is 17.4 Å². The van der Waals surface area contributed by atoms with Crippen LogP contribution in [-0.4, -0.2) is 19.9 Å². The molecule has 6 heteroatoms. The lowest BCUT2D eigenvalue weighted by Crippen LogP contribution is -2.22. The van der Waals surface area contributed by atoms with Gasteiger partial charge in [-0.25, -0.2) is 0 Å². The second-order valence-electron chi connectivity index (χ2n) is 6.50. The zero-order valence-electron chi connectivity index (χ0n) is 14.6. The molecular weight excluding hydrogens is 343 g/mol. The number of halogens is 3. The third kappa shape index (κ3) is 5.14. The SMILES string of the molecule is COc1cc(CNC(c2ccccc2)C2CC2)ccc1OCC(F)(F)F. The van der Waals surface area contributed by atoms with Crippen LogP contribution in [0.1, 0.15) is 30.0 Å². The molecule has 1 saturated carbocycles. The van der Waals surface area contributed by atoms with Crippen LogP contribution in [0.15, 0.2) is 48.5 Å². The van der Waals surface area contributed by atoms with Crippen molar-refractivity contribution in [2.75, 3.05) is 13.7 Å². The molecule has 0 spiro atoms. The molecule has 2 aromatic rings. The Morgan fingerprint density at radius 3 is 2.42 bits per heavy atom. The highest BCUT2D eigenvalue weighted by molar-refractivity contribution is 5.43. The Morgan fingerprint density at radius 1 is 1.08 bits per heavy atom. The van der Waals surface area contributed by atoms with Crippen molar-refractivity contribution in [1.82, 2.24) is 5.32 Å². The van der Waals surface area contributed by atoms with Gasteiger partial charge in [0.15, 0.2) is 18.1 Å². The Morgan fingerprint density at radius 2 is 1.81 bits per heavy atom. The highest BCUT2D eigenvalue weighted by Gasteiger charge is 2.32. The minimum atomic E-state index is -4.38. The van der Waals surface area contributed by atoms with Crippen LogP contribution >= 0.6 is 0 Å². The summed E-state index contributed by atoms with van der Waals surface area (Å²) in [6.07, 6.45) is -1.96. The fraction of sp³-hybridized carbons (Fsp3) is 0.400. The van der Waals surface area contributed by atoms with Gasteiger partial charge in [0.2, 0.25) is 0 Å². The molecule has 0 aliphatic heterocycles. The first-order valence-electron chi connectivity index (χ1n) is 8.61. The van der Waals surface area contributed by atoms with Gasteiger partial charge in [-0.15, -0.1) is 0 Å². The van der Waals surface area contributed by atoms with Gasteiger partial charge in [0.25, 0.3) is 0 Å². The van der Waals surface area contributed by atoms with E-state index in [0.717, 1.165) is 5.56 Å². The van der Waals surface area contributed by atoms with E-state index in [1.165, 1.54) is 31.6 Å². The summed E-state index contributed by atoms with van der Waals surface area (Å²) in [5, 5.41) is 3.56. The van der Waals surface area contributed by atoms with Crippen LogP contribution in [0, 0.1) is 5.92 Å². The summed E-state index contributed by atoms with van der Waals surface area (Å²) in [5.74, 6) is 1.03. The lowest BCUT2D eigenvalue weighted by molar-refractivity contribution is -0.153. The molecule has 1 fully saturated rings. The van der Waals surface area contributed by atoms with Crippen LogP contribution in [0.2, 0.25) is 0 Å². The van der Waals surface area contributed by atoms with Crippen molar-refractivity contribution in [2.45, 2.75) is 31.6 Å². The molecule has 1 unspecified atom stereocenters. The van der Waals surface area contributed by atoms with Crippen molar-refractivity contribution in [3.8, 4) is 11.5 Å². The second-order valence-corrected chi connectivity index (χ2v) is 6.50. The second kappa shape index (κ2) is 7.99. The van der Waals surface area contributed by atoms with Crippen molar-refractivity contribution in [3.05, 3.63) is 59.7 Å². The monoisotopic (exact) mass is 365 g/mol. The number of nitrogens with one attached hydrogen (secondary N) is 1. The molecule has 0 radical (unpaired) electrons. The topological polar surface area (TPSA) is 30.5 Å². The molecule has 1 N–H and O–H groups in total. The first-order chi connectivity index (χ1) is 12.5. The van der Waals surface area contributed by atoms with Crippen LogP contribution in [0.25, 0.3) is 0 Å². The molecule has 0 heterocycles. The van der Waals surface area contributed by atoms with E-state index in [1.54, 1.807) is 12.1 Å². The number of hydrogen-bond acceptors (Lipinski definition) is 3. The van der Waals surface area contributed by atoms with Crippen LogP contribution in [0.3, 0.4) is 0 Å². The van der Waals surface area contributed by atoms with Crippen molar-refractivity contribution >= 4 is 0 Å². The van der Waals surface area contributed by atoms with Crippen molar-refractivity contribution in [3.63, 3.8) is 0 Å². The first kappa shape index (κ1) is 18.6. The quantitative estimate of drug-likeness (QED) is 0.723. The molecule has 0 saturated heterocycles. The smallest absolute Gasteiger partial charge is 0.422 e. The summed E-state index contributed by atoms with van der Waals surface area (Å²) in [6, 6.07) is 15.6.